The van der Waals surface area contributed by atoms with Crippen LogP contribution in [0.3, 0.4) is 0 Å². The third kappa shape index (κ3) is 14.0. The van der Waals surface area contributed by atoms with E-state index in [1.807, 2.05) is 57.0 Å². The molecule has 3 N–H and O–H groups in total. The lowest BCUT2D eigenvalue weighted by Crippen LogP contribution is -2.60. The summed E-state index contributed by atoms with van der Waals surface area (Å²) in [6.45, 7) is 12.1. The summed E-state index contributed by atoms with van der Waals surface area (Å²) < 4.78 is 35.3. The molecular weight excluding hydrogens is 1080 g/mol. The molecule has 75 heavy (non-hydrogen) atoms. The summed E-state index contributed by atoms with van der Waals surface area (Å²) in [6.07, 6.45) is 13.8. The zero-order chi connectivity index (χ0) is 53.1. The number of hydrogen-bond donors (Lipinski definition) is 3. The van der Waals surface area contributed by atoms with E-state index >= 15 is 8.78 Å². The fraction of sp³-hybridized carbons (Fsp3) is 0.500. The number of halogens is 3. The summed E-state index contributed by atoms with van der Waals surface area (Å²) in [5.74, 6) is -1.73. The largest absolute Gasteiger partial charge is 0.384 e. The Labute approximate surface area is 456 Å². The van der Waals surface area contributed by atoms with Crippen LogP contribution in [0, 0.1) is 5.92 Å². The molecule has 2 fully saturated rings. The van der Waals surface area contributed by atoms with Crippen LogP contribution >= 0.6 is 28.4 Å². The highest BCUT2D eigenvalue weighted by Gasteiger charge is 2.47. The molecule has 17 heteroatoms. The van der Waals surface area contributed by atoms with Crippen molar-refractivity contribution >= 4 is 79.7 Å². The van der Waals surface area contributed by atoms with Gasteiger partial charge >= 0.3 is 0 Å². The quantitative estimate of drug-likeness (QED) is 0.0312. The van der Waals surface area contributed by atoms with E-state index in [2.05, 4.69) is 116 Å². The first-order chi connectivity index (χ1) is 36.3. The number of aldehydes is 1. The van der Waals surface area contributed by atoms with Crippen molar-refractivity contribution in [3.05, 3.63) is 108 Å². The Hall–Kier alpha value is -4.87. The van der Waals surface area contributed by atoms with Crippen molar-refractivity contribution in [2.45, 2.75) is 115 Å². The van der Waals surface area contributed by atoms with Gasteiger partial charge in [0.2, 0.25) is 5.91 Å². The molecule has 3 aliphatic heterocycles. The topological polar surface area (TPSA) is 133 Å². The molecule has 6 aromatic rings. The molecule has 6 heterocycles. The number of hydrogen-bond acceptors (Lipinski definition) is 10. The van der Waals surface area contributed by atoms with Crippen molar-refractivity contribution < 1.29 is 23.2 Å². The molecule has 0 saturated carbocycles. The number of aryl methyl sites for hydroxylation is 1. The van der Waals surface area contributed by atoms with Gasteiger partial charge in [0.25, 0.3) is 5.92 Å². The molecular formula is C58H76F2IN10O3P. The number of rotatable bonds is 19. The Kier molecular flexibility index (Phi) is 19.9. The lowest BCUT2D eigenvalue weighted by molar-refractivity contribution is -0.128. The molecule has 0 spiro atoms. The number of nitrogens with zero attached hydrogens (tertiary/aromatic N) is 7. The molecule has 13 nitrogen and oxygen atoms in total. The average molecular weight is 1160 g/mol. The van der Waals surface area contributed by atoms with Crippen molar-refractivity contribution in [1.29, 1.82) is 0 Å². The molecule has 3 unspecified atom stereocenters. The van der Waals surface area contributed by atoms with Crippen LogP contribution in [0.5, 0.6) is 0 Å². The maximum Gasteiger partial charge on any atom is 0.275 e. The van der Waals surface area contributed by atoms with E-state index in [1.165, 1.54) is 38.7 Å². The van der Waals surface area contributed by atoms with E-state index in [-0.39, 0.29) is 24.7 Å². The van der Waals surface area contributed by atoms with Gasteiger partial charge in [-0.3, -0.25) is 24.3 Å². The summed E-state index contributed by atoms with van der Waals surface area (Å²) in [5, 5.41) is 16.2. The second kappa shape index (κ2) is 26.5. The number of nitrogens with one attached hydrogen (secondary N) is 3. The van der Waals surface area contributed by atoms with Gasteiger partial charge in [-0.2, -0.15) is 5.10 Å². The molecule has 3 aromatic carbocycles. The second-order valence-corrected chi connectivity index (χ2v) is 22.9. The van der Waals surface area contributed by atoms with E-state index < -0.39 is 18.0 Å². The van der Waals surface area contributed by atoms with Crippen molar-refractivity contribution in [2.24, 2.45) is 13.0 Å². The Balaban J connectivity index is 0.000000199. The number of alkyl halides is 2. The Bertz CT molecular complexity index is 2860. The smallest absolute Gasteiger partial charge is 0.275 e. The molecule has 1 amide bonds. The highest BCUT2D eigenvalue weighted by atomic mass is 127. The zero-order valence-electron chi connectivity index (χ0n) is 44.4. The maximum atomic E-state index is 15.5. The number of anilines is 2. The third-order valence-corrected chi connectivity index (χ3v) is 17.6. The first-order valence-corrected chi connectivity index (χ1v) is 31.1. The highest BCUT2D eigenvalue weighted by molar-refractivity contribution is 14.2. The van der Waals surface area contributed by atoms with Crippen LogP contribution in [0.4, 0.5) is 20.2 Å². The second-order valence-electron chi connectivity index (χ2n) is 20.8. The van der Waals surface area contributed by atoms with Gasteiger partial charge in [-0.1, -0.05) is 57.0 Å². The van der Waals surface area contributed by atoms with Crippen LogP contribution in [-0.2, 0) is 29.6 Å². The molecule has 9 rings (SSSR count). The van der Waals surface area contributed by atoms with E-state index in [1.54, 1.807) is 14.0 Å². The standard InChI is InChI=1S/C29H47F2N5O2.C29H29IN5OP/c1-4-7-22(8-5-2)20-35-15-13-27(29(30,31)21-35)36-16-12-23-19-24(10-11-25(23)33-14-17-36)34-26(9-6-18-37)28(38)32-3;1-19(36)20-3-5-21(6-4-20)22-10-13-34(14-11-22)18-25-16-27-26(9-12-31-29(27)33(25)2)23-7-8-28-24(15-23)17-32-35(28)37-30/h10-11,18-19,22,26-27,33-34H,4-9,12-17,20-21H2,1-3H3,(H,32,38);3-9,12,15-17,22,37H,10-11,13-14,18H2,1-2H3. The van der Waals surface area contributed by atoms with Gasteiger partial charge in [-0.15, -0.1) is 0 Å². The summed E-state index contributed by atoms with van der Waals surface area (Å²) >= 11 is 2.37. The number of benzene rings is 3. The minimum atomic E-state index is -2.74. The van der Waals surface area contributed by atoms with Crippen LogP contribution in [0.25, 0.3) is 33.1 Å². The Morgan fingerprint density at radius 1 is 0.933 bits per heavy atom. The molecule has 3 atom stereocenters. The number of carbonyl (C=O) groups is 3. The van der Waals surface area contributed by atoms with Crippen molar-refractivity contribution in [1.82, 2.24) is 39.1 Å². The number of ketones is 1. The molecule has 0 bridgehead atoms. The van der Waals surface area contributed by atoms with Crippen molar-refractivity contribution in [3.63, 3.8) is 0 Å². The molecule has 3 aromatic heterocycles. The predicted octanol–water partition coefficient (Wildman–Crippen LogP) is 11.4. The highest BCUT2D eigenvalue weighted by Crippen LogP contribution is 2.37. The summed E-state index contributed by atoms with van der Waals surface area (Å²) in [4.78, 5) is 45.9. The van der Waals surface area contributed by atoms with E-state index in [4.69, 9.17) is 4.98 Å². The first-order valence-electron chi connectivity index (χ1n) is 27.1. The van der Waals surface area contributed by atoms with Crippen molar-refractivity contribution in [3.8, 4) is 11.1 Å². The van der Waals surface area contributed by atoms with Gasteiger partial charge in [0.05, 0.1) is 30.7 Å². The number of Topliss-reactive ketones (excluding diaryl/α,β-unsaturated/α-hetero) is 1. The molecule has 0 aliphatic carbocycles. The molecule has 3 aliphatic rings. The number of fused-ring (bicyclic) bond motifs is 3. The zero-order valence-corrected chi connectivity index (χ0v) is 47.6. The molecule has 2 saturated heterocycles. The number of aromatic nitrogens is 4. The van der Waals surface area contributed by atoms with E-state index in [0.29, 0.717) is 57.1 Å². The van der Waals surface area contributed by atoms with Gasteiger partial charge in [-0.25, -0.2) is 18.2 Å². The molecule has 402 valence electrons. The fourth-order valence-electron chi connectivity index (χ4n) is 11.7. The number of amides is 1. The van der Waals surface area contributed by atoms with Crippen LogP contribution in [0.2, 0.25) is 0 Å². The van der Waals surface area contributed by atoms with E-state index in [9.17, 15) is 14.4 Å². The summed E-state index contributed by atoms with van der Waals surface area (Å²) in [6, 6.07) is 23.9. The van der Waals surface area contributed by atoms with Crippen LogP contribution in [-0.4, -0.2) is 129 Å². The Morgan fingerprint density at radius 3 is 2.39 bits per heavy atom. The molecule has 0 radical (unpaired) electrons. The minimum absolute atomic E-state index is 0.127. The van der Waals surface area contributed by atoms with Gasteiger partial charge < -0.3 is 25.3 Å². The summed E-state index contributed by atoms with van der Waals surface area (Å²) in [7, 11) is 3.71. The normalized spacial score (nSPS) is 18.3. The van der Waals surface area contributed by atoms with Gasteiger partial charge in [-0.05, 0) is 164 Å². The lowest BCUT2D eigenvalue weighted by Gasteiger charge is -2.45. The predicted molar refractivity (Wildman–Crippen MR) is 311 cm³/mol. The summed E-state index contributed by atoms with van der Waals surface area (Å²) in [5.41, 5.74) is 10.9. The minimum Gasteiger partial charge on any atom is -0.384 e. The lowest BCUT2D eigenvalue weighted by atomic mass is 9.88. The fourth-order valence-corrected chi connectivity index (χ4v) is 13.2. The van der Waals surface area contributed by atoms with E-state index in [0.717, 1.165) is 106 Å². The SMILES string of the molecule is CC(=O)c1ccc(C2CCN(Cc3cc4c(-c5ccc6c(cnn6PI)c5)ccnc4n3C)CC2)cc1.CCCC(CCC)CN1CCC(N2CCNc3ccc(NC(CCC=O)C(=O)NC)cc3CC2)C(F)(F)C1. The number of pyridine rings is 1. The first kappa shape index (κ1) is 56.3. The third-order valence-electron chi connectivity index (χ3n) is 15.7. The van der Waals surface area contributed by atoms with Crippen LogP contribution in [0.1, 0.15) is 112 Å². The Morgan fingerprint density at radius 2 is 1.69 bits per heavy atom. The number of carbonyl (C=O) groups excluding carboxylic acids is 3. The number of likely N-dealkylation sites (N-methyl/N-ethyl adjacent to an activating group) is 1. The van der Waals surface area contributed by atoms with Gasteiger partial charge in [0.1, 0.15) is 18.0 Å². The number of likely N-dealkylation sites (tertiary alicyclic amines) is 2. The average Bonchev–Trinajstić information content (AvgIpc) is 3.97. The van der Waals surface area contributed by atoms with Gasteiger partial charge in [0.15, 0.2) is 5.78 Å². The number of piperidine rings is 2. The maximum absolute atomic E-state index is 15.5. The van der Waals surface area contributed by atoms with Crippen molar-refractivity contribution in [2.75, 3.05) is 70.0 Å². The monoisotopic (exact) mass is 1160 g/mol. The van der Waals surface area contributed by atoms with Crippen LogP contribution in [0.15, 0.2) is 85.2 Å². The van der Waals surface area contributed by atoms with Crippen LogP contribution < -0.4 is 16.0 Å². The van der Waals surface area contributed by atoms with Gasteiger partial charge in [0, 0.05) is 99.4 Å².